The van der Waals surface area contributed by atoms with Crippen molar-refractivity contribution in [2.75, 3.05) is 0 Å². The number of hydrogen-bond donors (Lipinski definition) is 2. The molecule has 0 aliphatic heterocycles. The average Bonchev–Trinajstić information content (AvgIpc) is 3.04. The van der Waals surface area contributed by atoms with Gasteiger partial charge in [0, 0.05) is 16.3 Å². The second-order valence-corrected chi connectivity index (χ2v) is 7.58. The maximum absolute atomic E-state index is 11.3. The number of primary amides is 1. The minimum Gasteiger partial charge on any atom is -0.391 e. The average molecular weight is 355 g/mol. The Bertz CT molecular complexity index is 891. The van der Waals surface area contributed by atoms with Gasteiger partial charge in [0.1, 0.15) is 5.69 Å². The summed E-state index contributed by atoms with van der Waals surface area (Å²) in [6.45, 7) is 3.80. The van der Waals surface area contributed by atoms with E-state index >= 15 is 0 Å². The lowest BCUT2D eigenvalue weighted by Gasteiger charge is -2.27. The molecule has 3 rings (SSSR count). The summed E-state index contributed by atoms with van der Waals surface area (Å²) in [5, 5.41) is 12.7. The highest BCUT2D eigenvalue weighted by atomic mass is 32.2. The minimum atomic E-state index is -0.599. The number of imidazole rings is 1. The van der Waals surface area contributed by atoms with Gasteiger partial charge in [0.15, 0.2) is 0 Å². The van der Waals surface area contributed by atoms with E-state index in [0.717, 1.165) is 4.90 Å². The molecule has 5 nitrogen and oxygen atoms in total. The molecule has 0 fully saturated rings. The zero-order chi connectivity index (χ0) is 18.0. The number of amides is 1. The van der Waals surface area contributed by atoms with Crippen LogP contribution in [-0.4, -0.2) is 31.9 Å². The van der Waals surface area contributed by atoms with Crippen LogP contribution in [-0.2, 0) is 0 Å². The number of carbonyl (C=O) groups excluding carboxylic acids is 1. The van der Waals surface area contributed by atoms with E-state index in [1.165, 1.54) is 10.8 Å². The zero-order valence-electron chi connectivity index (χ0n) is 14.2. The first-order chi connectivity index (χ1) is 12.0. The molecule has 3 N–H and O–H groups in total. The highest BCUT2D eigenvalue weighted by Gasteiger charge is 2.25. The normalized spacial score (nSPS) is 15.0. The van der Waals surface area contributed by atoms with Crippen LogP contribution >= 0.6 is 11.8 Å². The molecule has 0 bridgehead atoms. The topological polar surface area (TPSA) is 81.1 Å². The van der Waals surface area contributed by atoms with Crippen molar-refractivity contribution in [2.45, 2.75) is 36.1 Å². The highest BCUT2D eigenvalue weighted by molar-refractivity contribution is 8.00. The lowest BCUT2D eigenvalue weighted by molar-refractivity contribution is 0.0994. The maximum atomic E-state index is 11.3. The molecule has 1 aromatic heterocycles. The fraction of sp³-hybridized carbons (Fsp3) is 0.263. The molecule has 6 heteroatoms. The second-order valence-electron chi connectivity index (χ2n) is 6.13. The van der Waals surface area contributed by atoms with Gasteiger partial charge < -0.3 is 15.4 Å². The summed E-state index contributed by atoms with van der Waals surface area (Å²) in [5.74, 6) is -0.571. The molecule has 0 aliphatic rings. The van der Waals surface area contributed by atoms with Crippen LogP contribution in [0.3, 0.4) is 0 Å². The number of nitrogens with zero attached hydrogens (tertiary/aromatic N) is 2. The molecule has 3 atom stereocenters. The van der Waals surface area contributed by atoms with Gasteiger partial charge in [0.2, 0.25) is 0 Å². The first kappa shape index (κ1) is 17.5. The highest BCUT2D eigenvalue weighted by Crippen LogP contribution is 2.34. The monoisotopic (exact) mass is 355 g/mol. The van der Waals surface area contributed by atoms with E-state index in [1.54, 1.807) is 35.8 Å². The number of carbonyl (C=O) groups is 1. The molecule has 0 aliphatic carbocycles. The molecule has 0 saturated heterocycles. The number of aliphatic hydroxyl groups excluding tert-OH is 1. The molecule has 2 aromatic carbocycles. The molecular weight excluding hydrogens is 334 g/mol. The number of thioether (sulfide) groups is 1. The Balaban J connectivity index is 1.84. The molecule has 25 heavy (non-hydrogen) atoms. The molecule has 0 saturated carbocycles. The molecule has 1 amide bonds. The van der Waals surface area contributed by atoms with Gasteiger partial charge in [0.25, 0.3) is 5.91 Å². The Labute approximate surface area is 150 Å². The standard InChI is InChI=1S/C19H21N3O2S/c1-12(23)18(22-10-17(19(20)24)21-11-22)13(2)25-16-8-7-14-5-3-4-6-15(14)9-16/h3-13,18,23H,1-2H3,(H2,20,24)/t12-,13?,18+/m0/s1. The van der Waals surface area contributed by atoms with Gasteiger partial charge in [-0.2, -0.15) is 0 Å². The van der Waals surface area contributed by atoms with Crippen molar-refractivity contribution < 1.29 is 9.90 Å². The van der Waals surface area contributed by atoms with Gasteiger partial charge in [-0.05, 0) is 29.8 Å². The zero-order valence-corrected chi connectivity index (χ0v) is 15.0. The summed E-state index contributed by atoms with van der Waals surface area (Å²) in [6.07, 6.45) is 2.55. The fourth-order valence-corrected chi connectivity index (χ4v) is 4.31. The van der Waals surface area contributed by atoms with E-state index in [9.17, 15) is 9.90 Å². The van der Waals surface area contributed by atoms with E-state index in [4.69, 9.17) is 5.73 Å². The lowest BCUT2D eigenvalue weighted by atomic mass is 10.1. The van der Waals surface area contributed by atoms with Crippen LogP contribution in [0.2, 0.25) is 0 Å². The Hall–Kier alpha value is -2.31. The second kappa shape index (κ2) is 7.29. The first-order valence-corrected chi connectivity index (χ1v) is 9.00. The molecule has 3 aromatic rings. The summed E-state index contributed by atoms with van der Waals surface area (Å²) in [5.41, 5.74) is 5.48. The van der Waals surface area contributed by atoms with Crippen LogP contribution in [0, 0.1) is 0 Å². The van der Waals surface area contributed by atoms with Crippen molar-refractivity contribution in [3.63, 3.8) is 0 Å². The molecule has 1 heterocycles. The number of aromatic nitrogens is 2. The third-order valence-electron chi connectivity index (χ3n) is 4.22. The van der Waals surface area contributed by atoms with E-state index in [0.29, 0.717) is 0 Å². The van der Waals surface area contributed by atoms with Crippen molar-refractivity contribution in [3.05, 3.63) is 60.7 Å². The van der Waals surface area contributed by atoms with Gasteiger partial charge >= 0.3 is 0 Å². The van der Waals surface area contributed by atoms with Crippen molar-refractivity contribution in [2.24, 2.45) is 5.73 Å². The predicted octanol–water partition coefficient (Wildman–Crippen LogP) is 3.24. The molecule has 1 unspecified atom stereocenters. The third-order valence-corrected chi connectivity index (χ3v) is 5.39. The Kier molecular flexibility index (Phi) is 5.11. The van der Waals surface area contributed by atoms with E-state index in [2.05, 4.69) is 42.2 Å². The first-order valence-electron chi connectivity index (χ1n) is 8.12. The minimum absolute atomic E-state index is 0.0658. The number of nitrogens with two attached hydrogens (primary N) is 1. The van der Waals surface area contributed by atoms with E-state index < -0.39 is 12.0 Å². The summed E-state index contributed by atoms with van der Waals surface area (Å²) in [7, 11) is 0. The van der Waals surface area contributed by atoms with Crippen molar-refractivity contribution in [1.29, 1.82) is 0 Å². The molecule has 0 spiro atoms. The number of rotatable bonds is 6. The van der Waals surface area contributed by atoms with Crippen molar-refractivity contribution in [3.8, 4) is 0 Å². The maximum Gasteiger partial charge on any atom is 0.268 e. The summed E-state index contributed by atoms with van der Waals surface area (Å²) >= 11 is 1.68. The van der Waals surface area contributed by atoms with E-state index in [1.807, 2.05) is 12.1 Å². The van der Waals surface area contributed by atoms with E-state index in [-0.39, 0.29) is 17.0 Å². The third kappa shape index (κ3) is 3.86. The van der Waals surface area contributed by atoms with Crippen LogP contribution in [0.25, 0.3) is 10.8 Å². The smallest absolute Gasteiger partial charge is 0.268 e. The summed E-state index contributed by atoms with van der Waals surface area (Å²) in [6, 6.07) is 14.3. The quantitative estimate of drug-likeness (QED) is 0.665. The Morgan fingerprint density at radius 3 is 2.56 bits per heavy atom. The van der Waals surface area contributed by atoms with Crippen LogP contribution in [0.5, 0.6) is 0 Å². The van der Waals surface area contributed by atoms with Gasteiger partial charge in [0.05, 0.1) is 18.5 Å². The van der Waals surface area contributed by atoms with Gasteiger partial charge in [-0.15, -0.1) is 11.8 Å². The van der Waals surface area contributed by atoms with Gasteiger partial charge in [-0.25, -0.2) is 4.98 Å². The molecule has 0 radical (unpaired) electrons. The van der Waals surface area contributed by atoms with Crippen LogP contribution < -0.4 is 5.73 Å². The number of hydrogen-bond acceptors (Lipinski definition) is 4. The van der Waals surface area contributed by atoms with Crippen LogP contribution in [0.4, 0.5) is 0 Å². The summed E-state index contributed by atoms with van der Waals surface area (Å²) < 4.78 is 1.77. The lowest BCUT2D eigenvalue weighted by Crippen LogP contribution is -2.28. The van der Waals surface area contributed by atoms with Gasteiger partial charge in [-0.1, -0.05) is 37.3 Å². The Morgan fingerprint density at radius 1 is 1.20 bits per heavy atom. The predicted molar refractivity (Wildman–Crippen MR) is 101 cm³/mol. The van der Waals surface area contributed by atoms with Crippen LogP contribution in [0.15, 0.2) is 59.9 Å². The van der Waals surface area contributed by atoms with Crippen molar-refractivity contribution in [1.82, 2.24) is 9.55 Å². The van der Waals surface area contributed by atoms with Crippen LogP contribution in [0.1, 0.15) is 30.4 Å². The molecular formula is C19H21N3O2S. The number of aliphatic hydroxyl groups is 1. The fourth-order valence-electron chi connectivity index (χ4n) is 3.04. The molecule has 130 valence electrons. The Morgan fingerprint density at radius 2 is 1.92 bits per heavy atom. The number of benzene rings is 2. The van der Waals surface area contributed by atoms with Crippen molar-refractivity contribution >= 4 is 28.4 Å². The number of fused-ring (bicyclic) bond motifs is 1. The van der Waals surface area contributed by atoms with Gasteiger partial charge in [-0.3, -0.25) is 4.79 Å². The SMILES string of the molecule is CC(Sc1ccc2ccccc2c1)[C@@H]([C@H](C)O)n1cnc(C(N)=O)c1. The summed E-state index contributed by atoms with van der Waals surface area (Å²) in [4.78, 5) is 16.4. The largest absolute Gasteiger partial charge is 0.391 e.